The SMILES string of the molecule is CNCCc1c(C(F)(F)F)n2c3c(cccc13)CC2. The summed E-state index contributed by atoms with van der Waals surface area (Å²) in [5.41, 5.74) is 1.78. The van der Waals surface area contributed by atoms with Crippen LogP contribution >= 0.6 is 0 Å². The number of rotatable bonds is 3. The number of halogens is 3. The highest BCUT2D eigenvalue weighted by atomic mass is 19.4. The number of benzene rings is 1. The molecule has 0 saturated heterocycles. The molecule has 1 N–H and O–H groups in total. The van der Waals surface area contributed by atoms with E-state index in [0.29, 0.717) is 31.5 Å². The molecule has 0 aliphatic carbocycles. The van der Waals surface area contributed by atoms with E-state index in [1.54, 1.807) is 13.1 Å². The highest BCUT2D eigenvalue weighted by molar-refractivity contribution is 5.89. The first kappa shape index (κ1) is 12.5. The van der Waals surface area contributed by atoms with Crippen LogP contribution in [0.5, 0.6) is 0 Å². The Morgan fingerprint density at radius 3 is 2.79 bits per heavy atom. The van der Waals surface area contributed by atoms with Gasteiger partial charge in [-0.25, -0.2) is 0 Å². The van der Waals surface area contributed by atoms with Crippen LogP contribution in [0.2, 0.25) is 0 Å². The van der Waals surface area contributed by atoms with Gasteiger partial charge in [0.15, 0.2) is 0 Å². The van der Waals surface area contributed by atoms with E-state index in [2.05, 4.69) is 5.32 Å². The number of nitrogens with zero attached hydrogens (tertiary/aromatic N) is 1. The molecule has 1 aliphatic heterocycles. The van der Waals surface area contributed by atoms with Crippen LogP contribution in [0, 0.1) is 0 Å². The van der Waals surface area contributed by atoms with Gasteiger partial charge >= 0.3 is 6.18 Å². The lowest BCUT2D eigenvalue weighted by atomic mass is 10.0. The van der Waals surface area contributed by atoms with Crippen LogP contribution in [-0.2, 0) is 25.6 Å². The predicted octanol–water partition coefficient (Wildman–Crippen LogP) is 2.98. The standard InChI is InChI=1S/C14H15F3N2/c1-18-7-5-11-10-4-2-3-9-6-8-19(12(9)10)13(11)14(15,16)17/h2-4,18H,5-8H2,1H3. The maximum atomic E-state index is 13.3. The van der Waals surface area contributed by atoms with Gasteiger partial charge in [-0.1, -0.05) is 18.2 Å². The first-order valence-electron chi connectivity index (χ1n) is 6.39. The van der Waals surface area contributed by atoms with Crippen molar-refractivity contribution in [1.29, 1.82) is 0 Å². The molecule has 2 nitrogen and oxygen atoms in total. The minimum atomic E-state index is -4.29. The summed E-state index contributed by atoms with van der Waals surface area (Å²) in [5.74, 6) is 0. The Bertz CT molecular complexity index is 626. The zero-order valence-corrected chi connectivity index (χ0v) is 10.6. The first-order chi connectivity index (χ1) is 9.04. The first-order valence-corrected chi connectivity index (χ1v) is 6.39. The Morgan fingerprint density at radius 2 is 2.11 bits per heavy atom. The monoisotopic (exact) mass is 268 g/mol. The summed E-state index contributed by atoms with van der Waals surface area (Å²) < 4.78 is 41.5. The van der Waals surface area contributed by atoms with E-state index in [0.717, 1.165) is 16.5 Å². The number of likely N-dealkylation sites (N-methyl/N-ethyl adjacent to an activating group) is 1. The van der Waals surface area contributed by atoms with Crippen molar-refractivity contribution in [3.05, 3.63) is 35.0 Å². The van der Waals surface area contributed by atoms with E-state index in [4.69, 9.17) is 0 Å². The molecule has 0 radical (unpaired) electrons. The van der Waals surface area contributed by atoms with Gasteiger partial charge in [0.05, 0.1) is 5.52 Å². The van der Waals surface area contributed by atoms with Crippen LogP contribution in [0.15, 0.2) is 18.2 Å². The third kappa shape index (κ3) is 1.84. The molecule has 19 heavy (non-hydrogen) atoms. The van der Waals surface area contributed by atoms with Crippen molar-refractivity contribution < 1.29 is 13.2 Å². The molecule has 1 aromatic carbocycles. The van der Waals surface area contributed by atoms with Crippen LogP contribution in [0.25, 0.3) is 10.9 Å². The number of hydrogen-bond donors (Lipinski definition) is 1. The third-order valence-corrected chi connectivity index (χ3v) is 3.77. The van der Waals surface area contributed by atoms with Crippen LogP contribution in [0.3, 0.4) is 0 Å². The Morgan fingerprint density at radius 1 is 1.32 bits per heavy atom. The fourth-order valence-corrected chi connectivity index (χ4v) is 3.04. The summed E-state index contributed by atoms with van der Waals surface area (Å²) in [6.07, 6.45) is -3.19. The van der Waals surface area contributed by atoms with E-state index in [9.17, 15) is 13.2 Å². The molecule has 0 atom stereocenters. The topological polar surface area (TPSA) is 17.0 Å². The maximum Gasteiger partial charge on any atom is 0.431 e. The lowest BCUT2D eigenvalue weighted by Gasteiger charge is -2.12. The van der Waals surface area contributed by atoms with Gasteiger partial charge in [0, 0.05) is 11.9 Å². The fourth-order valence-electron chi connectivity index (χ4n) is 3.04. The largest absolute Gasteiger partial charge is 0.431 e. The predicted molar refractivity (Wildman–Crippen MR) is 68.3 cm³/mol. The lowest BCUT2D eigenvalue weighted by molar-refractivity contribution is -0.143. The molecule has 0 fully saturated rings. The molecule has 1 aliphatic rings. The quantitative estimate of drug-likeness (QED) is 0.905. The van der Waals surface area contributed by atoms with Crippen molar-refractivity contribution in [2.75, 3.05) is 13.6 Å². The lowest BCUT2D eigenvalue weighted by Crippen LogP contribution is -2.18. The number of hydrogen-bond acceptors (Lipinski definition) is 1. The molecular weight excluding hydrogens is 253 g/mol. The molecule has 2 aromatic rings. The second-order valence-corrected chi connectivity index (χ2v) is 4.89. The van der Waals surface area contributed by atoms with E-state index in [1.807, 2.05) is 12.1 Å². The summed E-state index contributed by atoms with van der Waals surface area (Å²) in [6, 6.07) is 5.59. The number of para-hydroxylation sites is 1. The molecule has 0 amide bonds. The summed E-state index contributed by atoms with van der Waals surface area (Å²) in [7, 11) is 1.75. The fraction of sp³-hybridized carbons (Fsp3) is 0.429. The average molecular weight is 268 g/mol. The zero-order valence-electron chi connectivity index (χ0n) is 10.6. The van der Waals surface area contributed by atoms with Crippen molar-refractivity contribution in [2.45, 2.75) is 25.6 Å². The van der Waals surface area contributed by atoms with Crippen LogP contribution < -0.4 is 5.32 Å². The van der Waals surface area contributed by atoms with E-state index < -0.39 is 11.9 Å². The molecule has 0 bridgehead atoms. The molecular formula is C14H15F3N2. The van der Waals surface area contributed by atoms with Gasteiger partial charge in [0.1, 0.15) is 5.69 Å². The van der Waals surface area contributed by atoms with Crippen molar-refractivity contribution >= 4 is 10.9 Å². The number of alkyl halides is 3. The van der Waals surface area contributed by atoms with E-state index >= 15 is 0 Å². The van der Waals surface area contributed by atoms with Gasteiger partial charge < -0.3 is 9.88 Å². The molecule has 3 rings (SSSR count). The Labute approximate surface area is 109 Å². The zero-order chi connectivity index (χ0) is 13.6. The number of aromatic nitrogens is 1. The second kappa shape index (κ2) is 4.27. The maximum absolute atomic E-state index is 13.3. The van der Waals surface area contributed by atoms with Gasteiger partial charge in [-0.15, -0.1) is 0 Å². The average Bonchev–Trinajstić information content (AvgIpc) is 2.90. The normalized spacial score (nSPS) is 14.5. The minimum absolute atomic E-state index is 0.401. The molecule has 0 unspecified atom stereocenters. The van der Waals surface area contributed by atoms with Gasteiger partial charge in [-0.05, 0) is 37.6 Å². The summed E-state index contributed by atoms with van der Waals surface area (Å²) in [5, 5.41) is 3.69. The van der Waals surface area contributed by atoms with Crippen molar-refractivity contribution in [3.8, 4) is 0 Å². The Kier molecular flexibility index (Phi) is 2.82. The Hall–Kier alpha value is -1.49. The second-order valence-electron chi connectivity index (χ2n) is 4.89. The highest BCUT2D eigenvalue weighted by Gasteiger charge is 2.40. The van der Waals surface area contributed by atoms with Crippen molar-refractivity contribution in [1.82, 2.24) is 9.88 Å². The van der Waals surface area contributed by atoms with Gasteiger partial charge in [0.25, 0.3) is 0 Å². The van der Waals surface area contributed by atoms with Crippen molar-refractivity contribution in [2.24, 2.45) is 0 Å². The molecule has 102 valence electrons. The summed E-state index contributed by atoms with van der Waals surface area (Å²) in [4.78, 5) is 0. The molecule has 2 heterocycles. The van der Waals surface area contributed by atoms with Gasteiger partial charge in [-0.3, -0.25) is 0 Å². The molecule has 1 aromatic heterocycles. The van der Waals surface area contributed by atoms with E-state index in [1.165, 1.54) is 4.57 Å². The summed E-state index contributed by atoms with van der Waals surface area (Å²) >= 11 is 0. The highest BCUT2D eigenvalue weighted by Crippen LogP contribution is 2.41. The van der Waals surface area contributed by atoms with Crippen molar-refractivity contribution in [3.63, 3.8) is 0 Å². The molecule has 0 saturated carbocycles. The summed E-state index contributed by atoms with van der Waals surface area (Å²) in [6.45, 7) is 0.983. The number of nitrogens with one attached hydrogen (secondary N) is 1. The molecule has 0 spiro atoms. The van der Waals surface area contributed by atoms with E-state index in [-0.39, 0.29) is 0 Å². The molecule has 5 heteroatoms. The van der Waals surface area contributed by atoms with Crippen LogP contribution in [-0.4, -0.2) is 18.2 Å². The third-order valence-electron chi connectivity index (χ3n) is 3.77. The van der Waals surface area contributed by atoms with Gasteiger partial charge in [0.2, 0.25) is 0 Å². The van der Waals surface area contributed by atoms with Crippen LogP contribution in [0.4, 0.5) is 13.2 Å². The Balaban J connectivity index is 2.29. The smallest absolute Gasteiger partial charge is 0.336 e. The number of aryl methyl sites for hydroxylation is 2. The van der Waals surface area contributed by atoms with Crippen LogP contribution in [0.1, 0.15) is 16.8 Å². The van der Waals surface area contributed by atoms with Gasteiger partial charge in [-0.2, -0.15) is 13.2 Å². The minimum Gasteiger partial charge on any atom is -0.336 e.